The SMILES string of the molecule is c1ccc2c(CCNCCCCCN3CCCCC3)cccc2c1. The molecule has 0 bridgehead atoms. The lowest BCUT2D eigenvalue weighted by molar-refractivity contribution is 0.224. The minimum atomic E-state index is 1.08. The molecular formula is C22H32N2. The van der Waals surface area contributed by atoms with Crippen molar-refractivity contribution in [1.82, 2.24) is 10.2 Å². The second-order valence-electron chi connectivity index (χ2n) is 7.10. The number of hydrogen-bond donors (Lipinski definition) is 1. The van der Waals surface area contributed by atoms with Crippen LogP contribution in [-0.2, 0) is 6.42 Å². The van der Waals surface area contributed by atoms with Gasteiger partial charge in [0.1, 0.15) is 0 Å². The van der Waals surface area contributed by atoms with Crippen molar-refractivity contribution >= 4 is 10.8 Å². The number of nitrogens with one attached hydrogen (secondary N) is 1. The normalized spacial score (nSPS) is 15.8. The fourth-order valence-corrected chi connectivity index (χ4v) is 3.80. The summed E-state index contributed by atoms with van der Waals surface area (Å²) in [6.07, 6.45) is 9.42. The van der Waals surface area contributed by atoms with Crippen LogP contribution in [0.1, 0.15) is 44.1 Å². The van der Waals surface area contributed by atoms with E-state index >= 15 is 0 Å². The van der Waals surface area contributed by atoms with Crippen molar-refractivity contribution < 1.29 is 0 Å². The van der Waals surface area contributed by atoms with Gasteiger partial charge < -0.3 is 10.2 Å². The first-order valence-corrected chi connectivity index (χ1v) is 9.83. The van der Waals surface area contributed by atoms with Crippen LogP contribution >= 0.6 is 0 Å². The van der Waals surface area contributed by atoms with Gasteiger partial charge in [-0.15, -0.1) is 0 Å². The van der Waals surface area contributed by atoms with Gasteiger partial charge in [0.05, 0.1) is 0 Å². The molecule has 0 aromatic heterocycles. The van der Waals surface area contributed by atoms with Gasteiger partial charge in [-0.3, -0.25) is 0 Å². The van der Waals surface area contributed by atoms with E-state index in [1.165, 1.54) is 74.5 Å². The Labute approximate surface area is 147 Å². The quantitative estimate of drug-likeness (QED) is 0.677. The van der Waals surface area contributed by atoms with Crippen molar-refractivity contribution in [3.63, 3.8) is 0 Å². The molecule has 0 amide bonds. The molecule has 1 fully saturated rings. The van der Waals surface area contributed by atoms with Crippen molar-refractivity contribution in [2.75, 3.05) is 32.7 Å². The van der Waals surface area contributed by atoms with Crippen molar-refractivity contribution in [2.45, 2.75) is 44.9 Å². The Hall–Kier alpha value is -1.38. The zero-order chi connectivity index (χ0) is 16.5. The summed E-state index contributed by atoms with van der Waals surface area (Å²) in [5.74, 6) is 0. The van der Waals surface area contributed by atoms with Crippen LogP contribution in [0.15, 0.2) is 42.5 Å². The molecule has 0 saturated carbocycles. The summed E-state index contributed by atoms with van der Waals surface area (Å²) in [5, 5.41) is 6.38. The Bertz CT molecular complexity index is 596. The number of hydrogen-bond acceptors (Lipinski definition) is 2. The molecule has 0 radical (unpaired) electrons. The van der Waals surface area contributed by atoms with Gasteiger partial charge in [0.25, 0.3) is 0 Å². The Morgan fingerprint density at radius 1 is 0.792 bits per heavy atom. The second kappa shape index (κ2) is 9.80. The van der Waals surface area contributed by atoms with Crippen LogP contribution in [0.5, 0.6) is 0 Å². The standard InChI is InChI=1S/C22H32N2/c1(6-17-24-18-7-2-8-19-24)5-15-23-16-14-21-12-9-11-20-10-3-4-13-22(20)21/h3-4,9-13,23H,1-2,5-8,14-19H2. The predicted octanol–water partition coefficient (Wildman–Crippen LogP) is 4.63. The molecule has 24 heavy (non-hydrogen) atoms. The third kappa shape index (κ3) is 5.32. The van der Waals surface area contributed by atoms with Crippen LogP contribution in [-0.4, -0.2) is 37.6 Å². The highest BCUT2D eigenvalue weighted by atomic mass is 15.1. The van der Waals surface area contributed by atoms with Gasteiger partial charge in [0.2, 0.25) is 0 Å². The van der Waals surface area contributed by atoms with E-state index in [9.17, 15) is 0 Å². The molecule has 1 heterocycles. The summed E-state index contributed by atoms with van der Waals surface area (Å²) in [4.78, 5) is 2.65. The molecule has 1 aliphatic rings. The van der Waals surface area contributed by atoms with Gasteiger partial charge in [-0.25, -0.2) is 0 Å². The Balaban J connectivity index is 1.27. The van der Waals surface area contributed by atoms with Crippen LogP contribution in [0, 0.1) is 0 Å². The molecule has 0 unspecified atom stereocenters. The second-order valence-corrected chi connectivity index (χ2v) is 7.10. The minimum absolute atomic E-state index is 1.08. The fraction of sp³-hybridized carbons (Fsp3) is 0.545. The molecule has 0 spiro atoms. The molecule has 0 aliphatic carbocycles. The number of benzene rings is 2. The number of rotatable bonds is 9. The number of unbranched alkanes of at least 4 members (excludes halogenated alkanes) is 2. The summed E-state index contributed by atoms with van der Waals surface area (Å²) in [6.45, 7) is 6.23. The van der Waals surface area contributed by atoms with Crippen molar-refractivity contribution in [1.29, 1.82) is 0 Å². The molecule has 2 aromatic rings. The smallest absolute Gasteiger partial charge is 0.000813 e. The van der Waals surface area contributed by atoms with E-state index in [0.29, 0.717) is 0 Å². The summed E-state index contributed by atoms with van der Waals surface area (Å²) < 4.78 is 0. The topological polar surface area (TPSA) is 15.3 Å². The highest BCUT2D eigenvalue weighted by Gasteiger charge is 2.08. The summed E-state index contributed by atoms with van der Waals surface area (Å²) in [7, 11) is 0. The van der Waals surface area contributed by atoms with Crippen LogP contribution < -0.4 is 5.32 Å². The lowest BCUT2D eigenvalue weighted by Crippen LogP contribution is -2.30. The van der Waals surface area contributed by atoms with Crippen LogP contribution in [0.4, 0.5) is 0 Å². The average molecular weight is 325 g/mol. The number of nitrogens with zero attached hydrogens (tertiary/aromatic N) is 1. The monoisotopic (exact) mass is 324 g/mol. The van der Waals surface area contributed by atoms with Crippen LogP contribution in [0.3, 0.4) is 0 Å². The Kier molecular flexibility index (Phi) is 7.13. The molecule has 1 N–H and O–H groups in total. The first-order valence-electron chi connectivity index (χ1n) is 9.83. The highest BCUT2D eigenvalue weighted by molar-refractivity contribution is 5.85. The maximum absolute atomic E-state index is 3.62. The van der Waals surface area contributed by atoms with Gasteiger partial charge >= 0.3 is 0 Å². The van der Waals surface area contributed by atoms with Crippen molar-refractivity contribution in [2.24, 2.45) is 0 Å². The molecule has 2 nitrogen and oxygen atoms in total. The minimum Gasteiger partial charge on any atom is -0.316 e. The molecule has 2 heteroatoms. The van der Waals surface area contributed by atoms with E-state index < -0.39 is 0 Å². The van der Waals surface area contributed by atoms with E-state index in [4.69, 9.17) is 0 Å². The first kappa shape index (κ1) is 17.4. The maximum atomic E-state index is 3.62. The third-order valence-corrected chi connectivity index (χ3v) is 5.23. The molecule has 1 saturated heterocycles. The van der Waals surface area contributed by atoms with Gasteiger partial charge in [-0.1, -0.05) is 55.3 Å². The van der Waals surface area contributed by atoms with Crippen molar-refractivity contribution in [3.05, 3.63) is 48.0 Å². The van der Waals surface area contributed by atoms with E-state index in [1.807, 2.05) is 0 Å². The average Bonchev–Trinajstić information content (AvgIpc) is 2.65. The lowest BCUT2D eigenvalue weighted by atomic mass is 10.0. The molecule has 0 atom stereocenters. The van der Waals surface area contributed by atoms with E-state index in [1.54, 1.807) is 0 Å². The highest BCUT2D eigenvalue weighted by Crippen LogP contribution is 2.18. The van der Waals surface area contributed by atoms with E-state index in [-0.39, 0.29) is 0 Å². The van der Waals surface area contributed by atoms with E-state index in [2.05, 4.69) is 52.7 Å². The van der Waals surface area contributed by atoms with Crippen molar-refractivity contribution in [3.8, 4) is 0 Å². The number of fused-ring (bicyclic) bond motifs is 1. The lowest BCUT2D eigenvalue weighted by Gasteiger charge is -2.26. The predicted molar refractivity (Wildman–Crippen MR) is 105 cm³/mol. The molecule has 130 valence electrons. The zero-order valence-electron chi connectivity index (χ0n) is 15.0. The Morgan fingerprint density at radius 3 is 2.54 bits per heavy atom. The summed E-state index contributed by atoms with van der Waals surface area (Å²) in [5.41, 5.74) is 1.46. The van der Waals surface area contributed by atoms with E-state index in [0.717, 1.165) is 19.5 Å². The summed E-state index contributed by atoms with van der Waals surface area (Å²) in [6, 6.07) is 15.4. The number of likely N-dealkylation sites (tertiary alicyclic amines) is 1. The molecular weight excluding hydrogens is 292 g/mol. The zero-order valence-corrected chi connectivity index (χ0v) is 15.0. The summed E-state index contributed by atoms with van der Waals surface area (Å²) >= 11 is 0. The molecule has 3 rings (SSSR count). The first-order chi connectivity index (χ1) is 11.9. The largest absolute Gasteiger partial charge is 0.316 e. The van der Waals surface area contributed by atoms with Gasteiger partial charge in [0, 0.05) is 0 Å². The maximum Gasteiger partial charge on any atom is -0.000813 e. The Morgan fingerprint density at radius 2 is 1.62 bits per heavy atom. The van der Waals surface area contributed by atoms with Crippen LogP contribution in [0.25, 0.3) is 10.8 Å². The van der Waals surface area contributed by atoms with Gasteiger partial charge in [-0.05, 0) is 81.2 Å². The fourth-order valence-electron chi connectivity index (χ4n) is 3.80. The molecule has 2 aromatic carbocycles. The molecule has 1 aliphatic heterocycles. The van der Waals surface area contributed by atoms with Gasteiger partial charge in [-0.2, -0.15) is 0 Å². The number of piperidine rings is 1. The van der Waals surface area contributed by atoms with Gasteiger partial charge in [0.15, 0.2) is 0 Å². The third-order valence-electron chi connectivity index (χ3n) is 5.23. The van der Waals surface area contributed by atoms with Crippen LogP contribution in [0.2, 0.25) is 0 Å².